The standard InChI is InChI=1S/C14H15N3O3S2/c1-3-5-15-12(19)9(2)20-11(18)7-22-14-10-4-6-21-13(10)16-8-17-14/h3-4,6,8-9H,1,5,7H2,2H3,(H,15,19)/t9-/m0/s1. The van der Waals surface area contributed by atoms with Crippen molar-refractivity contribution in [2.24, 2.45) is 0 Å². The molecule has 2 aromatic rings. The average molecular weight is 337 g/mol. The number of ether oxygens (including phenoxy) is 1. The summed E-state index contributed by atoms with van der Waals surface area (Å²) in [6, 6.07) is 1.92. The highest BCUT2D eigenvalue weighted by Gasteiger charge is 2.17. The Hall–Kier alpha value is -1.93. The van der Waals surface area contributed by atoms with E-state index in [1.165, 1.54) is 36.3 Å². The summed E-state index contributed by atoms with van der Waals surface area (Å²) < 4.78 is 5.08. The number of fused-ring (bicyclic) bond motifs is 1. The molecule has 2 rings (SSSR count). The fourth-order valence-electron chi connectivity index (χ4n) is 1.61. The topological polar surface area (TPSA) is 81.2 Å². The Morgan fingerprint density at radius 1 is 1.55 bits per heavy atom. The number of aromatic nitrogens is 2. The van der Waals surface area contributed by atoms with Crippen LogP contribution in [0, 0.1) is 0 Å². The average Bonchev–Trinajstić information content (AvgIpc) is 2.99. The second-order valence-corrected chi connectivity index (χ2v) is 6.13. The summed E-state index contributed by atoms with van der Waals surface area (Å²) in [5.74, 6) is -0.727. The number of esters is 1. The third-order valence-corrected chi connectivity index (χ3v) is 4.45. The van der Waals surface area contributed by atoms with Gasteiger partial charge in [0.05, 0.1) is 5.75 Å². The van der Waals surface area contributed by atoms with E-state index >= 15 is 0 Å². The number of thioether (sulfide) groups is 1. The van der Waals surface area contributed by atoms with Crippen LogP contribution in [-0.4, -0.2) is 40.2 Å². The summed E-state index contributed by atoms with van der Waals surface area (Å²) in [6.45, 7) is 5.37. The summed E-state index contributed by atoms with van der Waals surface area (Å²) in [4.78, 5) is 32.6. The molecule has 0 unspecified atom stereocenters. The van der Waals surface area contributed by atoms with Gasteiger partial charge in [-0.3, -0.25) is 9.59 Å². The third kappa shape index (κ3) is 4.28. The van der Waals surface area contributed by atoms with Crippen LogP contribution in [-0.2, 0) is 14.3 Å². The number of thiophene rings is 1. The molecule has 22 heavy (non-hydrogen) atoms. The molecule has 0 aliphatic heterocycles. The minimum atomic E-state index is -0.834. The van der Waals surface area contributed by atoms with Crippen LogP contribution in [0.1, 0.15) is 6.92 Å². The summed E-state index contributed by atoms with van der Waals surface area (Å²) in [6.07, 6.45) is 2.20. The lowest BCUT2D eigenvalue weighted by Gasteiger charge is -2.12. The van der Waals surface area contributed by atoms with Crippen molar-refractivity contribution in [1.29, 1.82) is 0 Å². The van der Waals surface area contributed by atoms with Crippen LogP contribution >= 0.6 is 23.1 Å². The van der Waals surface area contributed by atoms with Crippen LogP contribution in [0.4, 0.5) is 0 Å². The van der Waals surface area contributed by atoms with E-state index < -0.39 is 12.1 Å². The van der Waals surface area contributed by atoms with E-state index in [0.29, 0.717) is 6.54 Å². The zero-order valence-corrected chi connectivity index (χ0v) is 13.6. The van der Waals surface area contributed by atoms with Gasteiger partial charge in [0, 0.05) is 11.9 Å². The van der Waals surface area contributed by atoms with Crippen molar-refractivity contribution in [3.8, 4) is 0 Å². The maximum absolute atomic E-state index is 11.8. The number of nitrogens with zero attached hydrogens (tertiary/aromatic N) is 2. The maximum Gasteiger partial charge on any atom is 0.317 e. The highest BCUT2D eigenvalue weighted by molar-refractivity contribution is 8.00. The van der Waals surface area contributed by atoms with Gasteiger partial charge in [-0.2, -0.15) is 0 Å². The van der Waals surface area contributed by atoms with E-state index in [0.717, 1.165) is 15.2 Å². The van der Waals surface area contributed by atoms with Gasteiger partial charge < -0.3 is 10.1 Å². The Labute approximate surface area is 136 Å². The lowest BCUT2D eigenvalue weighted by atomic mass is 10.3. The minimum Gasteiger partial charge on any atom is -0.452 e. The molecule has 0 aromatic carbocycles. The Morgan fingerprint density at radius 2 is 2.36 bits per heavy atom. The van der Waals surface area contributed by atoms with Crippen molar-refractivity contribution >= 4 is 45.2 Å². The number of rotatable bonds is 7. The third-order valence-electron chi connectivity index (χ3n) is 2.65. The monoisotopic (exact) mass is 337 g/mol. The number of hydrogen-bond donors (Lipinski definition) is 1. The van der Waals surface area contributed by atoms with Crippen molar-refractivity contribution < 1.29 is 14.3 Å². The molecule has 2 heterocycles. The van der Waals surface area contributed by atoms with Gasteiger partial charge in [-0.1, -0.05) is 17.8 Å². The molecule has 0 spiro atoms. The number of carbonyl (C=O) groups excluding carboxylic acids is 2. The van der Waals surface area contributed by atoms with Crippen LogP contribution in [0.2, 0.25) is 0 Å². The van der Waals surface area contributed by atoms with E-state index in [-0.39, 0.29) is 11.7 Å². The van der Waals surface area contributed by atoms with E-state index in [9.17, 15) is 9.59 Å². The molecule has 0 fully saturated rings. The van der Waals surface area contributed by atoms with Crippen LogP contribution in [0.5, 0.6) is 0 Å². The number of carbonyl (C=O) groups is 2. The Balaban J connectivity index is 1.86. The number of nitrogens with one attached hydrogen (secondary N) is 1. The van der Waals surface area contributed by atoms with E-state index in [2.05, 4.69) is 21.9 Å². The lowest BCUT2D eigenvalue weighted by molar-refractivity contribution is -0.152. The molecule has 0 aliphatic rings. The van der Waals surface area contributed by atoms with Gasteiger partial charge in [-0.05, 0) is 18.4 Å². The van der Waals surface area contributed by atoms with Crippen LogP contribution < -0.4 is 5.32 Å². The predicted octanol–water partition coefficient (Wildman–Crippen LogP) is 2.02. The predicted molar refractivity (Wildman–Crippen MR) is 86.9 cm³/mol. The Morgan fingerprint density at radius 3 is 3.14 bits per heavy atom. The first kappa shape index (κ1) is 16.4. The van der Waals surface area contributed by atoms with Crippen LogP contribution in [0.15, 0.2) is 35.5 Å². The van der Waals surface area contributed by atoms with Gasteiger partial charge >= 0.3 is 5.97 Å². The molecule has 0 saturated carbocycles. The summed E-state index contributed by atoms with van der Waals surface area (Å²) >= 11 is 2.78. The van der Waals surface area contributed by atoms with Crippen molar-refractivity contribution in [2.45, 2.75) is 18.1 Å². The molecule has 1 atom stereocenters. The smallest absolute Gasteiger partial charge is 0.317 e. The molecular formula is C14H15N3O3S2. The molecule has 1 N–H and O–H groups in total. The van der Waals surface area contributed by atoms with Crippen molar-refractivity contribution in [1.82, 2.24) is 15.3 Å². The van der Waals surface area contributed by atoms with Crippen molar-refractivity contribution in [2.75, 3.05) is 12.3 Å². The first-order valence-electron chi connectivity index (χ1n) is 6.51. The zero-order chi connectivity index (χ0) is 15.9. The molecule has 116 valence electrons. The number of amides is 1. The molecule has 1 amide bonds. The SMILES string of the molecule is C=CCNC(=O)[C@H](C)OC(=O)CSc1ncnc2sccc12. The molecule has 0 bridgehead atoms. The normalized spacial score (nSPS) is 11.9. The van der Waals surface area contributed by atoms with Crippen molar-refractivity contribution in [3.05, 3.63) is 30.4 Å². The van der Waals surface area contributed by atoms with Gasteiger partial charge in [0.2, 0.25) is 0 Å². The van der Waals surface area contributed by atoms with Gasteiger partial charge in [-0.25, -0.2) is 9.97 Å². The molecule has 8 heteroatoms. The molecule has 2 aromatic heterocycles. The Kier molecular flexibility index (Phi) is 5.91. The first-order chi connectivity index (χ1) is 10.6. The quantitative estimate of drug-likeness (QED) is 0.360. The fraction of sp³-hybridized carbons (Fsp3) is 0.286. The van der Waals surface area contributed by atoms with Crippen LogP contribution in [0.3, 0.4) is 0 Å². The van der Waals surface area contributed by atoms with Crippen molar-refractivity contribution in [3.63, 3.8) is 0 Å². The highest BCUT2D eigenvalue weighted by atomic mass is 32.2. The van der Waals surface area contributed by atoms with E-state index in [4.69, 9.17) is 4.74 Å². The fourth-order valence-corrected chi connectivity index (χ4v) is 3.17. The summed E-state index contributed by atoms with van der Waals surface area (Å²) in [7, 11) is 0. The molecule has 0 aliphatic carbocycles. The Bertz CT molecular complexity index is 687. The van der Waals surface area contributed by atoms with Gasteiger partial charge in [0.1, 0.15) is 16.2 Å². The molecule has 0 saturated heterocycles. The molecule has 0 radical (unpaired) electrons. The van der Waals surface area contributed by atoms with E-state index in [1.54, 1.807) is 6.08 Å². The largest absolute Gasteiger partial charge is 0.452 e. The van der Waals surface area contributed by atoms with Gasteiger partial charge in [0.25, 0.3) is 5.91 Å². The van der Waals surface area contributed by atoms with Gasteiger partial charge in [0.15, 0.2) is 6.10 Å². The summed E-state index contributed by atoms with van der Waals surface area (Å²) in [5, 5.41) is 6.14. The summed E-state index contributed by atoms with van der Waals surface area (Å²) in [5.41, 5.74) is 0. The highest BCUT2D eigenvalue weighted by Crippen LogP contribution is 2.27. The second-order valence-electron chi connectivity index (χ2n) is 4.27. The maximum atomic E-state index is 11.8. The zero-order valence-electron chi connectivity index (χ0n) is 11.9. The van der Waals surface area contributed by atoms with Gasteiger partial charge in [-0.15, -0.1) is 17.9 Å². The minimum absolute atomic E-state index is 0.0844. The first-order valence-corrected chi connectivity index (χ1v) is 8.37. The molecule has 6 nitrogen and oxygen atoms in total. The second kappa shape index (κ2) is 7.90. The lowest BCUT2D eigenvalue weighted by Crippen LogP contribution is -2.36. The van der Waals surface area contributed by atoms with Crippen LogP contribution in [0.25, 0.3) is 10.2 Å². The molecular weight excluding hydrogens is 322 g/mol. The van der Waals surface area contributed by atoms with E-state index in [1.807, 2.05) is 11.4 Å². The number of hydrogen-bond acceptors (Lipinski definition) is 7.